The number of aryl methyl sites for hydroxylation is 2. The Bertz CT molecular complexity index is 587. The van der Waals surface area contributed by atoms with E-state index in [1.165, 1.54) is 5.56 Å². The van der Waals surface area contributed by atoms with Crippen LogP contribution in [0.25, 0.3) is 0 Å². The molecule has 100 valence electrons. The Balaban J connectivity index is 2.21. The maximum Gasteiger partial charge on any atom is 0.376 e. The van der Waals surface area contributed by atoms with Crippen LogP contribution in [0.1, 0.15) is 40.2 Å². The van der Waals surface area contributed by atoms with Gasteiger partial charge in [-0.25, -0.2) is 9.78 Å². The van der Waals surface area contributed by atoms with Gasteiger partial charge >= 0.3 is 5.97 Å². The molecule has 0 bridgehead atoms. The molecule has 2 rings (SSSR count). The van der Waals surface area contributed by atoms with Crippen molar-refractivity contribution in [3.05, 3.63) is 52.7 Å². The van der Waals surface area contributed by atoms with Crippen molar-refractivity contribution in [2.75, 3.05) is 6.61 Å². The summed E-state index contributed by atoms with van der Waals surface area (Å²) < 4.78 is 10.4. The van der Waals surface area contributed by atoms with E-state index in [0.717, 1.165) is 5.56 Å². The fraction of sp³-hybridized carbons (Fsp3) is 0.333. The lowest BCUT2D eigenvalue weighted by Gasteiger charge is -2.01. The maximum absolute atomic E-state index is 11.6. The molecule has 1 heterocycles. The Labute approximate surface area is 112 Å². The van der Waals surface area contributed by atoms with Crippen molar-refractivity contribution in [1.29, 1.82) is 0 Å². The minimum Gasteiger partial charge on any atom is -0.460 e. The molecule has 0 N–H and O–H groups in total. The van der Waals surface area contributed by atoms with Crippen LogP contribution in [-0.2, 0) is 11.2 Å². The Morgan fingerprint density at radius 1 is 1.32 bits per heavy atom. The van der Waals surface area contributed by atoms with E-state index >= 15 is 0 Å². The van der Waals surface area contributed by atoms with Crippen LogP contribution in [0.2, 0.25) is 0 Å². The number of rotatable bonds is 4. The highest BCUT2D eigenvalue weighted by Gasteiger charge is 2.18. The van der Waals surface area contributed by atoms with Gasteiger partial charge in [0, 0.05) is 6.42 Å². The summed E-state index contributed by atoms with van der Waals surface area (Å²) in [7, 11) is 0. The average Bonchev–Trinajstić information content (AvgIpc) is 2.74. The molecular weight excluding hydrogens is 242 g/mol. The number of hydrogen-bond acceptors (Lipinski definition) is 4. The largest absolute Gasteiger partial charge is 0.460 e. The van der Waals surface area contributed by atoms with Crippen molar-refractivity contribution in [3.63, 3.8) is 0 Å². The molecular formula is C15H17NO3. The number of benzene rings is 1. The molecule has 0 aliphatic rings. The lowest BCUT2D eigenvalue weighted by Crippen LogP contribution is -2.04. The highest BCUT2D eigenvalue weighted by atomic mass is 16.5. The summed E-state index contributed by atoms with van der Waals surface area (Å²) in [5, 5.41) is 0. The molecule has 2 aromatic rings. The first-order chi connectivity index (χ1) is 9.11. The number of hydrogen-bond donors (Lipinski definition) is 0. The van der Waals surface area contributed by atoms with E-state index in [9.17, 15) is 4.79 Å². The molecule has 0 unspecified atom stereocenters. The topological polar surface area (TPSA) is 52.3 Å². The predicted octanol–water partition coefficient (Wildman–Crippen LogP) is 3.06. The van der Waals surface area contributed by atoms with Crippen molar-refractivity contribution in [1.82, 2.24) is 4.98 Å². The third-order valence-electron chi connectivity index (χ3n) is 2.90. The van der Waals surface area contributed by atoms with Gasteiger partial charge in [0.05, 0.1) is 12.3 Å². The van der Waals surface area contributed by atoms with Gasteiger partial charge in [-0.3, -0.25) is 0 Å². The van der Waals surface area contributed by atoms with Crippen molar-refractivity contribution in [2.45, 2.75) is 27.2 Å². The van der Waals surface area contributed by atoms with Gasteiger partial charge < -0.3 is 9.15 Å². The fourth-order valence-corrected chi connectivity index (χ4v) is 1.89. The lowest BCUT2D eigenvalue weighted by atomic mass is 10.1. The van der Waals surface area contributed by atoms with E-state index in [2.05, 4.69) is 4.98 Å². The summed E-state index contributed by atoms with van der Waals surface area (Å²) in [6, 6.07) is 8.03. The van der Waals surface area contributed by atoms with Crippen molar-refractivity contribution >= 4 is 5.97 Å². The minimum atomic E-state index is -0.455. The van der Waals surface area contributed by atoms with Gasteiger partial charge in [-0.2, -0.15) is 0 Å². The predicted molar refractivity (Wildman–Crippen MR) is 71.2 cm³/mol. The molecule has 4 nitrogen and oxygen atoms in total. The lowest BCUT2D eigenvalue weighted by molar-refractivity contribution is 0.0487. The zero-order valence-corrected chi connectivity index (χ0v) is 11.4. The highest BCUT2D eigenvalue weighted by molar-refractivity contribution is 5.87. The summed E-state index contributed by atoms with van der Waals surface area (Å²) in [5.74, 6) is 0.281. The second-order valence-electron chi connectivity index (χ2n) is 4.35. The van der Waals surface area contributed by atoms with Crippen LogP contribution in [-0.4, -0.2) is 17.6 Å². The van der Waals surface area contributed by atoms with Crippen LogP contribution in [0.4, 0.5) is 0 Å². The Morgan fingerprint density at radius 2 is 2.05 bits per heavy atom. The van der Waals surface area contributed by atoms with Crippen molar-refractivity contribution < 1.29 is 13.9 Å². The standard InChI is InChI=1S/C15H17NO3/c1-4-18-15(17)14-11(3)16-13(19-14)9-12-8-6-5-7-10(12)2/h5-8H,4,9H2,1-3H3. The molecule has 0 aliphatic heterocycles. The summed E-state index contributed by atoms with van der Waals surface area (Å²) in [6.07, 6.45) is 0.576. The average molecular weight is 259 g/mol. The SMILES string of the molecule is CCOC(=O)c1oc(Cc2ccccc2C)nc1C. The molecule has 19 heavy (non-hydrogen) atoms. The molecule has 0 aliphatic carbocycles. The van der Waals surface area contributed by atoms with Crippen LogP contribution in [0, 0.1) is 13.8 Å². The molecule has 0 fully saturated rings. The van der Waals surface area contributed by atoms with Crippen LogP contribution < -0.4 is 0 Å². The third-order valence-corrected chi connectivity index (χ3v) is 2.90. The molecule has 1 aromatic carbocycles. The number of oxazole rings is 1. The smallest absolute Gasteiger partial charge is 0.376 e. The van der Waals surface area contributed by atoms with E-state index in [-0.39, 0.29) is 5.76 Å². The second kappa shape index (κ2) is 5.69. The van der Waals surface area contributed by atoms with Crippen LogP contribution in [0.5, 0.6) is 0 Å². The molecule has 0 radical (unpaired) electrons. The number of carbonyl (C=O) groups excluding carboxylic acids is 1. The number of esters is 1. The quantitative estimate of drug-likeness (QED) is 0.792. The first-order valence-electron chi connectivity index (χ1n) is 6.29. The Kier molecular flexibility index (Phi) is 4.00. The van der Waals surface area contributed by atoms with Gasteiger partial charge in [0.2, 0.25) is 5.76 Å². The molecule has 0 spiro atoms. The van der Waals surface area contributed by atoms with Gasteiger partial charge in [-0.15, -0.1) is 0 Å². The van der Waals surface area contributed by atoms with Gasteiger partial charge in [0.15, 0.2) is 5.89 Å². The zero-order valence-electron chi connectivity index (χ0n) is 11.4. The van der Waals surface area contributed by atoms with Gasteiger partial charge in [-0.05, 0) is 31.9 Å². The van der Waals surface area contributed by atoms with Gasteiger partial charge in [0.1, 0.15) is 0 Å². The fourth-order valence-electron chi connectivity index (χ4n) is 1.89. The summed E-state index contributed by atoms with van der Waals surface area (Å²) in [6.45, 7) is 5.87. The van der Waals surface area contributed by atoms with Gasteiger partial charge in [-0.1, -0.05) is 24.3 Å². The van der Waals surface area contributed by atoms with Crippen molar-refractivity contribution in [2.24, 2.45) is 0 Å². The van der Waals surface area contributed by atoms with E-state index in [1.807, 2.05) is 31.2 Å². The number of nitrogens with zero attached hydrogens (tertiary/aromatic N) is 1. The van der Waals surface area contributed by atoms with Gasteiger partial charge in [0.25, 0.3) is 0 Å². The third kappa shape index (κ3) is 3.02. The second-order valence-corrected chi connectivity index (χ2v) is 4.35. The summed E-state index contributed by atoms with van der Waals surface area (Å²) in [4.78, 5) is 15.9. The van der Waals surface area contributed by atoms with Crippen LogP contribution in [0.3, 0.4) is 0 Å². The molecule has 1 aromatic heterocycles. The normalized spacial score (nSPS) is 10.5. The van der Waals surface area contributed by atoms with Crippen molar-refractivity contribution in [3.8, 4) is 0 Å². The highest BCUT2D eigenvalue weighted by Crippen LogP contribution is 2.17. The number of carbonyl (C=O) groups is 1. The summed E-state index contributed by atoms with van der Waals surface area (Å²) >= 11 is 0. The Morgan fingerprint density at radius 3 is 2.74 bits per heavy atom. The minimum absolute atomic E-state index is 0.199. The molecule has 0 amide bonds. The molecule has 0 atom stereocenters. The van der Waals surface area contributed by atoms with E-state index < -0.39 is 5.97 Å². The maximum atomic E-state index is 11.6. The van der Waals surface area contributed by atoms with Crippen LogP contribution in [0.15, 0.2) is 28.7 Å². The zero-order chi connectivity index (χ0) is 13.8. The van der Waals surface area contributed by atoms with E-state index in [1.54, 1.807) is 13.8 Å². The molecule has 0 saturated carbocycles. The monoisotopic (exact) mass is 259 g/mol. The van der Waals surface area contributed by atoms with Crippen LogP contribution >= 0.6 is 0 Å². The first-order valence-corrected chi connectivity index (χ1v) is 6.29. The number of ether oxygens (including phenoxy) is 1. The molecule has 4 heteroatoms. The first kappa shape index (κ1) is 13.3. The summed E-state index contributed by atoms with van der Waals surface area (Å²) in [5.41, 5.74) is 2.89. The number of aromatic nitrogens is 1. The molecule has 0 saturated heterocycles. The van der Waals surface area contributed by atoms with E-state index in [4.69, 9.17) is 9.15 Å². The Hall–Kier alpha value is -2.10. The van der Waals surface area contributed by atoms with E-state index in [0.29, 0.717) is 24.6 Å².